The van der Waals surface area contributed by atoms with Crippen molar-refractivity contribution in [3.63, 3.8) is 0 Å². The predicted molar refractivity (Wildman–Crippen MR) is 98.1 cm³/mol. The summed E-state index contributed by atoms with van der Waals surface area (Å²) in [5.74, 6) is -7.09. The van der Waals surface area contributed by atoms with Crippen LogP contribution in [0.15, 0.2) is 46.0 Å². The van der Waals surface area contributed by atoms with Gasteiger partial charge in [0.15, 0.2) is 11.5 Å². The molecule has 0 fully saturated rings. The summed E-state index contributed by atoms with van der Waals surface area (Å²) < 4.78 is 114. The molecule has 0 unspecified atom stereocenters. The van der Waals surface area contributed by atoms with Crippen LogP contribution in [0.4, 0.5) is 35.1 Å². The maximum atomic E-state index is 13.8. The number of hydrazone groups is 1. The molecule has 0 saturated heterocycles. The van der Waals surface area contributed by atoms with Gasteiger partial charge in [-0.1, -0.05) is 34.1 Å². The van der Waals surface area contributed by atoms with Crippen LogP contribution in [0, 0.1) is 5.82 Å². The first-order valence-corrected chi connectivity index (χ1v) is 8.96. The molecule has 0 aliphatic carbocycles. The molecule has 2 aromatic rings. The van der Waals surface area contributed by atoms with E-state index in [1.165, 1.54) is 43.5 Å². The molecule has 2 aromatic carbocycles. The van der Waals surface area contributed by atoms with Crippen LogP contribution < -0.4 is 14.9 Å². The number of rotatable bonds is 8. The number of halogens is 9. The summed E-state index contributed by atoms with van der Waals surface area (Å²) >= 11 is 3.09. The third-order valence-corrected chi connectivity index (χ3v) is 4.21. The molecule has 0 saturated carbocycles. The van der Waals surface area contributed by atoms with E-state index < -0.39 is 24.0 Å². The fourth-order valence-corrected chi connectivity index (χ4v) is 2.64. The zero-order valence-electron chi connectivity index (χ0n) is 15.4. The number of alkyl halides is 7. The van der Waals surface area contributed by atoms with Crippen LogP contribution in [-0.2, 0) is 6.61 Å². The van der Waals surface area contributed by atoms with Crippen molar-refractivity contribution >= 4 is 22.1 Å². The van der Waals surface area contributed by atoms with Crippen molar-refractivity contribution in [3.8, 4) is 11.5 Å². The Hall–Kier alpha value is -2.57. The monoisotopic (exact) mass is 520 g/mol. The van der Waals surface area contributed by atoms with Crippen LogP contribution in [0.3, 0.4) is 0 Å². The lowest BCUT2D eigenvalue weighted by Gasteiger charge is -2.27. The Morgan fingerprint density at radius 2 is 1.71 bits per heavy atom. The molecule has 0 atom stereocenters. The van der Waals surface area contributed by atoms with Gasteiger partial charge in [-0.15, -0.1) is 0 Å². The summed E-state index contributed by atoms with van der Waals surface area (Å²) in [4.78, 5) is 0. The van der Waals surface area contributed by atoms with Gasteiger partial charge in [-0.05, 0) is 18.2 Å². The van der Waals surface area contributed by atoms with E-state index >= 15 is 0 Å². The zero-order chi connectivity index (χ0) is 23.4. The van der Waals surface area contributed by atoms with Crippen molar-refractivity contribution in [1.82, 2.24) is 5.43 Å². The van der Waals surface area contributed by atoms with E-state index in [-0.39, 0.29) is 29.2 Å². The minimum atomic E-state index is -6.51. The summed E-state index contributed by atoms with van der Waals surface area (Å²) in [7, 11) is 1.23. The molecule has 0 radical (unpaired) electrons. The molecule has 31 heavy (non-hydrogen) atoms. The molecule has 170 valence electrons. The molecule has 0 aliphatic heterocycles. The summed E-state index contributed by atoms with van der Waals surface area (Å²) in [6.07, 6.45) is -5.98. The second-order valence-corrected chi connectivity index (χ2v) is 6.84. The number of benzene rings is 2. The van der Waals surface area contributed by atoms with E-state index in [1.807, 2.05) is 0 Å². The topological polar surface area (TPSA) is 42.8 Å². The highest BCUT2D eigenvalue weighted by Crippen LogP contribution is 2.45. The molecule has 2 rings (SSSR count). The zero-order valence-corrected chi connectivity index (χ0v) is 17.0. The van der Waals surface area contributed by atoms with Gasteiger partial charge in [0.1, 0.15) is 12.4 Å². The second kappa shape index (κ2) is 9.28. The molecule has 4 nitrogen and oxygen atoms in total. The van der Waals surface area contributed by atoms with Crippen LogP contribution in [0.25, 0.3) is 0 Å². The lowest BCUT2D eigenvalue weighted by Crippen LogP contribution is -2.58. The summed E-state index contributed by atoms with van der Waals surface area (Å²) in [5, 5.41) is 2.81. The number of methoxy groups -OCH3 is 1. The summed E-state index contributed by atoms with van der Waals surface area (Å²) in [6.45, 7) is -0.332. The molecule has 0 heterocycles. The van der Waals surface area contributed by atoms with Crippen molar-refractivity contribution in [1.29, 1.82) is 0 Å². The SMILES string of the molecule is COc1cc(Br)cc(/C=N\NC(F)(F)C(F)(F)C(F)(F)F)c1OCc1ccccc1F. The Bertz CT molecular complexity index is 951. The van der Waals surface area contributed by atoms with Gasteiger partial charge in [0.2, 0.25) is 0 Å². The quantitative estimate of drug-likeness (QED) is 0.204. The van der Waals surface area contributed by atoms with E-state index in [0.717, 1.165) is 0 Å². The number of nitrogens with zero attached hydrogens (tertiary/aromatic N) is 1. The first-order chi connectivity index (χ1) is 14.3. The summed E-state index contributed by atoms with van der Waals surface area (Å²) in [5.41, 5.74) is 0.508. The maximum Gasteiger partial charge on any atom is 0.462 e. The van der Waals surface area contributed by atoms with Crippen molar-refractivity contribution in [2.24, 2.45) is 5.10 Å². The van der Waals surface area contributed by atoms with E-state index in [0.29, 0.717) is 16.1 Å². The highest BCUT2D eigenvalue weighted by Gasteiger charge is 2.73. The number of hydrogen-bond donors (Lipinski definition) is 1. The van der Waals surface area contributed by atoms with E-state index in [1.54, 1.807) is 0 Å². The molecule has 0 amide bonds. The smallest absolute Gasteiger partial charge is 0.462 e. The Morgan fingerprint density at radius 1 is 1.06 bits per heavy atom. The third-order valence-electron chi connectivity index (χ3n) is 3.76. The average molecular weight is 521 g/mol. The van der Waals surface area contributed by atoms with E-state index in [2.05, 4.69) is 21.0 Å². The first-order valence-electron chi connectivity index (χ1n) is 8.16. The number of ether oxygens (including phenoxy) is 2. The van der Waals surface area contributed by atoms with Crippen LogP contribution in [0.1, 0.15) is 11.1 Å². The third kappa shape index (κ3) is 5.57. The highest BCUT2D eigenvalue weighted by molar-refractivity contribution is 9.10. The van der Waals surface area contributed by atoms with E-state index in [9.17, 15) is 35.1 Å². The molecule has 0 aliphatic rings. The van der Waals surface area contributed by atoms with Crippen molar-refractivity contribution in [3.05, 3.63) is 57.8 Å². The average Bonchev–Trinajstić information content (AvgIpc) is 2.66. The Morgan fingerprint density at radius 3 is 2.29 bits per heavy atom. The molecule has 0 bridgehead atoms. The largest absolute Gasteiger partial charge is 0.493 e. The molecule has 1 N–H and O–H groups in total. The van der Waals surface area contributed by atoms with Crippen molar-refractivity contribution in [2.75, 3.05) is 7.11 Å². The summed E-state index contributed by atoms with van der Waals surface area (Å²) in [6, 6.07) is 2.47. The van der Waals surface area contributed by atoms with Gasteiger partial charge in [0.25, 0.3) is 0 Å². The molecular formula is C18H13BrF8N2O2. The molecule has 0 aromatic heterocycles. The van der Waals surface area contributed by atoms with Crippen LogP contribution in [0.5, 0.6) is 11.5 Å². The minimum Gasteiger partial charge on any atom is -0.493 e. The van der Waals surface area contributed by atoms with Gasteiger partial charge in [0.05, 0.1) is 13.3 Å². The molecular weight excluding hydrogens is 508 g/mol. The van der Waals surface area contributed by atoms with Crippen molar-refractivity contribution < 1.29 is 44.6 Å². The number of nitrogens with one attached hydrogen (secondary N) is 1. The second-order valence-electron chi connectivity index (χ2n) is 5.92. The van der Waals surface area contributed by atoms with Gasteiger partial charge >= 0.3 is 18.1 Å². The Kier molecular flexibility index (Phi) is 7.40. The van der Waals surface area contributed by atoms with Gasteiger partial charge in [-0.25, -0.2) is 9.82 Å². The molecule has 13 heteroatoms. The standard InChI is InChI=1S/C18H13BrF8N2O2/c1-30-14-7-12(19)6-11(15(14)31-9-10-4-2-3-5-13(10)20)8-28-29-18(26,27)16(21,22)17(23,24)25/h2-8,29H,9H2,1H3/b28-8-. The van der Waals surface area contributed by atoms with Crippen molar-refractivity contribution in [2.45, 2.75) is 24.8 Å². The van der Waals surface area contributed by atoms with Gasteiger partial charge in [-0.3, -0.25) is 0 Å². The predicted octanol–water partition coefficient (Wildman–Crippen LogP) is 5.89. The first kappa shape index (κ1) is 24.7. The maximum absolute atomic E-state index is 13.8. The van der Waals surface area contributed by atoms with E-state index in [4.69, 9.17) is 9.47 Å². The Balaban J connectivity index is 2.31. The van der Waals surface area contributed by atoms with Crippen LogP contribution in [0.2, 0.25) is 0 Å². The normalized spacial score (nSPS) is 12.8. The fourth-order valence-electron chi connectivity index (χ4n) is 2.19. The number of hydrogen-bond acceptors (Lipinski definition) is 4. The van der Waals surface area contributed by atoms with Crippen LogP contribution >= 0.6 is 15.9 Å². The van der Waals surface area contributed by atoms with Gasteiger partial charge in [0, 0.05) is 15.6 Å². The minimum absolute atomic E-state index is 0.0274. The van der Waals surface area contributed by atoms with Gasteiger partial charge in [-0.2, -0.15) is 35.8 Å². The van der Waals surface area contributed by atoms with Gasteiger partial charge < -0.3 is 9.47 Å². The molecule has 0 spiro atoms. The fraction of sp³-hybridized carbons (Fsp3) is 0.278. The Labute approximate surface area is 179 Å². The van der Waals surface area contributed by atoms with Crippen LogP contribution in [-0.4, -0.2) is 31.5 Å². The lowest BCUT2D eigenvalue weighted by molar-refractivity contribution is -0.361. The lowest BCUT2D eigenvalue weighted by atomic mass is 10.2. The highest BCUT2D eigenvalue weighted by atomic mass is 79.9.